The normalized spacial score (nSPS) is 13.5. The van der Waals surface area contributed by atoms with E-state index in [1.54, 1.807) is 0 Å². The van der Waals surface area contributed by atoms with Gasteiger partial charge in [0.1, 0.15) is 6.04 Å². The van der Waals surface area contributed by atoms with Gasteiger partial charge in [0, 0.05) is 11.5 Å². The predicted octanol–water partition coefficient (Wildman–Crippen LogP) is 2.34. The molecule has 3 N–H and O–H groups in total. The molecule has 5 heteroatoms. The number of nitrogens with two attached hydrogens (primary N) is 1. The minimum atomic E-state index is -0.720. The molecule has 2 amide bonds. The summed E-state index contributed by atoms with van der Waals surface area (Å²) in [5.41, 5.74) is 2.53. The smallest absolute Gasteiger partial charge is 0.413 e. The number of quaternary nitrogens is 1. The van der Waals surface area contributed by atoms with Crippen LogP contribution in [0.15, 0.2) is 24.3 Å². The van der Waals surface area contributed by atoms with Gasteiger partial charge in [0.15, 0.2) is 6.54 Å². The van der Waals surface area contributed by atoms with Crippen LogP contribution in [0.3, 0.4) is 0 Å². The van der Waals surface area contributed by atoms with Crippen LogP contribution in [0.2, 0.25) is 0 Å². The highest BCUT2D eigenvalue weighted by atomic mass is 16.5. The van der Waals surface area contributed by atoms with Gasteiger partial charge in [0.2, 0.25) is 0 Å². The third-order valence-corrected chi connectivity index (χ3v) is 4.21. The molecule has 0 aromatic heterocycles. The quantitative estimate of drug-likeness (QED) is 0.809. The van der Waals surface area contributed by atoms with E-state index in [0.717, 1.165) is 6.42 Å². The Morgan fingerprint density at radius 1 is 1.13 bits per heavy atom. The molecule has 2 atom stereocenters. The second-order valence-corrected chi connectivity index (χ2v) is 6.23. The number of alkyl carbamates (subject to hydrolysis) is 1. The maximum atomic E-state index is 11.7. The van der Waals surface area contributed by atoms with Gasteiger partial charge in [-0.1, -0.05) is 52.0 Å². The van der Waals surface area contributed by atoms with E-state index in [2.05, 4.69) is 62.0 Å². The summed E-state index contributed by atoms with van der Waals surface area (Å²) in [6.45, 7) is 8.84. The SMILES string of the molecule is CC[C@H](C)c1ccc([C@H]([NH2+]CC(=O)NC(=O)OC)C(C)C)cc1. The molecule has 0 aliphatic rings. The molecule has 0 spiro atoms. The van der Waals surface area contributed by atoms with E-state index in [-0.39, 0.29) is 18.5 Å². The molecule has 0 radical (unpaired) electrons. The molecule has 1 rings (SSSR count). The monoisotopic (exact) mass is 321 g/mol. The van der Waals surface area contributed by atoms with Crippen molar-refractivity contribution in [1.82, 2.24) is 5.32 Å². The number of carbonyl (C=O) groups is 2. The molecular formula is C18H29N2O3+. The van der Waals surface area contributed by atoms with Crippen LogP contribution < -0.4 is 10.6 Å². The maximum Gasteiger partial charge on any atom is 0.413 e. The number of rotatable bonds is 7. The lowest BCUT2D eigenvalue weighted by atomic mass is 9.92. The van der Waals surface area contributed by atoms with Crippen molar-refractivity contribution < 1.29 is 19.6 Å². The number of hydrogen-bond donors (Lipinski definition) is 2. The van der Waals surface area contributed by atoms with Crippen LogP contribution in [0.1, 0.15) is 57.2 Å². The Kier molecular flexibility index (Phi) is 7.75. The minimum absolute atomic E-state index is 0.171. The van der Waals surface area contributed by atoms with Gasteiger partial charge in [-0.25, -0.2) is 4.79 Å². The molecule has 23 heavy (non-hydrogen) atoms. The number of methoxy groups -OCH3 is 1. The van der Waals surface area contributed by atoms with E-state index in [4.69, 9.17) is 0 Å². The molecule has 0 bridgehead atoms. The summed E-state index contributed by atoms with van der Waals surface area (Å²) in [7, 11) is 1.24. The topological polar surface area (TPSA) is 72.0 Å². The Balaban J connectivity index is 2.71. The van der Waals surface area contributed by atoms with Crippen molar-refractivity contribution in [3.63, 3.8) is 0 Å². The predicted molar refractivity (Wildman–Crippen MR) is 90.1 cm³/mol. The number of ether oxygens (including phenoxy) is 1. The molecule has 5 nitrogen and oxygen atoms in total. The number of carbonyl (C=O) groups excluding carboxylic acids is 2. The van der Waals surface area contributed by atoms with Crippen LogP contribution in [0.25, 0.3) is 0 Å². The first-order valence-electron chi connectivity index (χ1n) is 8.20. The van der Waals surface area contributed by atoms with Gasteiger partial charge in [-0.2, -0.15) is 0 Å². The summed E-state index contributed by atoms with van der Waals surface area (Å²) in [6, 6.07) is 8.79. The zero-order chi connectivity index (χ0) is 17.4. The van der Waals surface area contributed by atoms with Gasteiger partial charge < -0.3 is 10.1 Å². The van der Waals surface area contributed by atoms with Crippen LogP contribution in [0.4, 0.5) is 4.79 Å². The molecule has 0 saturated heterocycles. The van der Waals surface area contributed by atoms with Crippen molar-refractivity contribution in [2.24, 2.45) is 5.92 Å². The van der Waals surface area contributed by atoms with E-state index in [0.29, 0.717) is 11.8 Å². The van der Waals surface area contributed by atoms with Crippen molar-refractivity contribution in [2.45, 2.75) is 46.1 Å². The van der Waals surface area contributed by atoms with Crippen molar-refractivity contribution in [3.8, 4) is 0 Å². The highest BCUT2D eigenvalue weighted by molar-refractivity contribution is 5.92. The molecule has 128 valence electrons. The summed E-state index contributed by atoms with van der Waals surface area (Å²) in [5, 5.41) is 4.14. The number of hydrogen-bond acceptors (Lipinski definition) is 3. The Hall–Kier alpha value is -1.88. The Bertz CT molecular complexity index is 512. The van der Waals surface area contributed by atoms with E-state index in [1.807, 2.05) is 5.32 Å². The Morgan fingerprint density at radius 3 is 2.17 bits per heavy atom. The standard InChI is InChI=1S/C18H28N2O3/c1-6-13(4)14-7-9-15(10-8-14)17(12(2)3)19-11-16(21)20-18(22)23-5/h7-10,12-13,17,19H,6,11H2,1-5H3,(H,20,21,22)/p+1/t13-,17+/m0/s1. The highest BCUT2D eigenvalue weighted by Gasteiger charge is 2.21. The van der Waals surface area contributed by atoms with Gasteiger partial charge in [-0.15, -0.1) is 0 Å². The van der Waals surface area contributed by atoms with Crippen molar-refractivity contribution >= 4 is 12.0 Å². The lowest BCUT2D eigenvalue weighted by Gasteiger charge is -2.20. The molecule has 0 aliphatic carbocycles. The van der Waals surface area contributed by atoms with Crippen LogP contribution >= 0.6 is 0 Å². The highest BCUT2D eigenvalue weighted by Crippen LogP contribution is 2.22. The summed E-state index contributed by atoms with van der Waals surface area (Å²) >= 11 is 0. The lowest BCUT2D eigenvalue weighted by molar-refractivity contribution is -0.692. The third-order valence-electron chi connectivity index (χ3n) is 4.21. The van der Waals surface area contributed by atoms with E-state index < -0.39 is 6.09 Å². The molecule has 0 heterocycles. The van der Waals surface area contributed by atoms with Crippen LogP contribution in [-0.2, 0) is 9.53 Å². The van der Waals surface area contributed by atoms with Crippen molar-refractivity contribution in [2.75, 3.05) is 13.7 Å². The van der Waals surface area contributed by atoms with E-state index in [1.165, 1.54) is 18.2 Å². The summed E-state index contributed by atoms with van der Waals surface area (Å²) in [4.78, 5) is 22.7. The van der Waals surface area contributed by atoms with Gasteiger partial charge in [-0.05, 0) is 17.9 Å². The van der Waals surface area contributed by atoms with Gasteiger partial charge in [0.25, 0.3) is 5.91 Å². The first-order chi connectivity index (χ1) is 10.9. The molecule has 1 aromatic rings. The van der Waals surface area contributed by atoms with E-state index in [9.17, 15) is 9.59 Å². The van der Waals surface area contributed by atoms with Gasteiger partial charge >= 0.3 is 6.09 Å². The van der Waals surface area contributed by atoms with Crippen LogP contribution in [-0.4, -0.2) is 25.7 Å². The second kappa shape index (κ2) is 9.30. The summed E-state index contributed by atoms with van der Waals surface area (Å²) < 4.78 is 4.42. The largest absolute Gasteiger partial charge is 0.453 e. The van der Waals surface area contributed by atoms with Crippen LogP contribution in [0, 0.1) is 5.92 Å². The first-order valence-corrected chi connectivity index (χ1v) is 8.20. The average Bonchev–Trinajstić information content (AvgIpc) is 2.54. The fourth-order valence-electron chi connectivity index (χ4n) is 2.53. The molecule has 1 aromatic carbocycles. The molecule has 0 unspecified atom stereocenters. The maximum absolute atomic E-state index is 11.7. The van der Waals surface area contributed by atoms with Gasteiger partial charge in [-0.3, -0.25) is 10.1 Å². The molecule has 0 aliphatic heterocycles. The fraction of sp³-hybridized carbons (Fsp3) is 0.556. The Morgan fingerprint density at radius 2 is 1.70 bits per heavy atom. The average molecular weight is 321 g/mol. The van der Waals surface area contributed by atoms with Gasteiger partial charge in [0.05, 0.1) is 7.11 Å². The number of amides is 2. The number of nitrogens with one attached hydrogen (secondary N) is 1. The molecule has 0 fully saturated rings. The number of benzene rings is 1. The third kappa shape index (κ3) is 6.02. The van der Waals surface area contributed by atoms with E-state index >= 15 is 0 Å². The second-order valence-electron chi connectivity index (χ2n) is 6.23. The van der Waals surface area contributed by atoms with Crippen molar-refractivity contribution in [3.05, 3.63) is 35.4 Å². The number of imide groups is 1. The molecular weight excluding hydrogens is 292 g/mol. The Labute approximate surface area is 138 Å². The van der Waals surface area contributed by atoms with Crippen LogP contribution in [0.5, 0.6) is 0 Å². The zero-order valence-electron chi connectivity index (χ0n) is 14.8. The fourth-order valence-corrected chi connectivity index (χ4v) is 2.53. The van der Waals surface area contributed by atoms with Crippen molar-refractivity contribution in [1.29, 1.82) is 0 Å². The zero-order valence-corrected chi connectivity index (χ0v) is 14.8. The summed E-state index contributed by atoms with van der Waals surface area (Å²) in [5.74, 6) is 0.575. The molecule has 0 saturated carbocycles. The minimum Gasteiger partial charge on any atom is -0.453 e. The first kappa shape index (κ1) is 19.2. The summed E-state index contributed by atoms with van der Waals surface area (Å²) in [6.07, 6.45) is 0.398. The lowest BCUT2D eigenvalue weighted by Crippen LogP contribution is -2.88.